The Balaban J connectivity index is 2.13. The van der Waals surface area contributed by atoms with Gasteiger partial charge in [-0.25, -0.2) is 0 Å². The molecule has 1 heterocycles. The van der Waals surface area contributed by atoms with E-state index in [2.05, 4.69) is 42.7 Å². The highest BCUT2D eigenvalue weighted by molar-refractivity contribution is 5.84. The lowest BCUT2D eigenvalue weighted by Crippen LogP contribution is -2.57. The van der Waals surface area contributed by atoms with Gasteiger partial charge in [-0.15, -0.1) is 0 Å². The van der Waals surface area contributed by atoms with Gasteiger partial charge in [-0.2, -0.15) is 0 Å². The molecule has 0 bridgehead atoms. The lowest BCUT2D eigenvalue weighted by atomic mass is 9.90. The molecule has 0 radical (unpaired) electrons. The first kappa shape index (κ1) is 23.9. The Bertz CT molecular complexity index is 775. The first-order chi connectivity index (χ1) is 14.4. The molecule has 1 aliphatic rings. The number of carbonyl (C=O) groups excluding carboxylic acids is 1. The van der Waals surface area contributed by atoms with Crippen molar-refractivity contribution in [1.29, 1.82) is 0 Å². The summed E-state index contributed by atoms with van der Waals surface area (Å²) in [5.41, 5.74) is 3.50. The van der Waals surface area contributed by atoms with Gasteiger partial charge in [0.1, 0.15) is 6.54 Å². The smallest absolute Gasteiger partial charge is 0.231 e. The third-order valence-electron chi connectivity index (χ3n) is 5.94. The number of allylic oxidation sites excluding steroid dienone is 6. The summed E-state index contributed by atoms with van der Waals surface area (Å²) in [7, 11) is 2.32. The van der Waals surface area contributed by atoms with E-state index < -0.39 is 0 Å². The maximum atomic E-state index is 13.3. The average Bonchev–Trinajstić information content (AvgIpc) is 2.71. The Kier molecular flexibility index (Phi) is 9.32. The molecule has 1 aliphatic heterocycles. The summed E-state index contributed by atoms with van der Waals surface area (Å²) in [5, 5.41) is 3.39. The second-order valence-electron chi connectivity index (χ2n) is 8.82. The summed E-state index contributed by atoms with van der Waals surface area (Å²) in [6.07, 6.45) is 14.3. The monoisotopic (exact) mass is 407 g/mol. The Morgan fingerprint density at radius 3 is 2.27 bits per heavy atom. The predicted octanol–water partition coefficient (Wildman–Crippen LogP) is 5.57. The number of amides is 1. The minimum Gasteiger partial charge on any atom is -0.347 e. The van der Waals surface area contributed by atoms with Crippen molar-refractivity contribution in [3.63, 3.8) is 0 Å². The summed E-state index contributed by atoms with van der Waals surface area (Å²) in [4.78, 5) is 13.3. The van der Waals surface area contributed by atoms with Crippen molar-refractivity contribution in [2.24, 2.45) is 5.92 Å². The van der Waals surface area contributed by atoms with E-state index in [-0.39, 0.29) is 17.9 Å². The zero-order chi connectivity index (χ0) is 22.0. The van der Waals surface area contributed by atoms with Gasteiger partial charge in [0, 0.05) is 5.56 Å². The highest BCUT2D eigenvalue weighted by atomic mass is 16.2. The summed E-state index contributed by atoms with van der Waals surface area (Å²) in [5.74, 6) is -0.114. The van der Waals surface area contributed by atoms with Crippen LogP contribution in [0.1, 0.15) is 46.1 Å². The molecule has 0 spiro atoms. The zero-order valence-corrected chi connectivity index (χ0v) is 19.4. The van der Waals surface area contributed by atoms with E-state index in [1.165, 1.54) is 5.56 Å². The van der Waals surface area contributed by atoms with Crippen LogP contribution in [0.3, 0.4) is 0 Å². The van der Waals surface area contributed by atoms with Gasteiger partial charge in [0.05, 0.1) is 32.1 Å². The molecule has 1 fully saturated rings. The van der Waals surface area contributed by atoms with Crippen molar-refractivity contribution in [3.05, 3.63) is 83.5 Å². The molecule has 0 aliphatic carbocycles. The minimum atomic E-state index is -0.229. The van der Waals surface area contributed by atoms with Gasteiger partial charge in [-0.05, 0) is 40.5 Å². The number of rotatable bonds is 8. The van der Waals surface area contributed by atoms with E-state index in [1.807, 2.05) is 64.2 Å². The van der Waals surface area contributed by atoms with Crippen LogP contribution in [0.15, 0.2) is 77.9 Å². The molecular formula is C27H39N2O+. The number of likely N-dealkylation sites (N-methyl/N-ethyl adjacent to an activating group) is 1. The maximum absolute atomic E-state index is 13.3. The highest BCUT2D eigenvalue weighted by Gasteiger charge is 2.33. The van der Waals surface area contributed by atoms with E-state index in [0.717, 1.165) is 48.1 Å². The second-order valence-corrected chi connectivity index (χ2v) is 8.82. The van der Waals surface area contributed by atoms with Crippen LogP contribution in [-0.4, -0.2) is 36.6 Å². The SMILES string of the molecule is CC=CC=C(C)C(C(=O)NC1CCC[N+](C)(Cc2ccccc2)C1)C(C)=CC=CC. The van der Waals surface area contributed by atoms with Crippen molar-refractivity contribution in [3.8, 4) is 0 Å². The van der Waals surface area contributed by atoms with Gasteiger partial charge >= 0.3 is 0 Å². The topological polar surface area (TPSA) is 29.1 Å². The van der Waals surface area contributed by atoms with Crippen LogP contribution in [0.2, 0.25) is 0 Å². The molecular weight excluding hydrogens is 368 g/mol. The van der Waals surface area contributed by atoms with Gasteiger partial charge in [-0.3, -0.25) is 4.79 Å². The highest BCUT2D eigenvalue weighted by Crippen LogP contribution is 2.24. The van der Waals surface area contributed by atoms with E-state index in [0.29, 0.717) is 0 Å². The van der Waals surface area contributed by atoms with Crippen LogP contribution in [0.5, 0.6) is 0 Å². The van der Waals surface area contributed by atoms with E-state index in [4.69, 9.17) is 0 Å². The summed E-state index contributed by atoms with van der Waals surface area (Å²) in [6, 6.07) is 10.9. The average molecular weight is 408 g/mol. The zero-order valence-electron chi connectivity index (χ0n) is 19.4. The van der Waals surface area contributed by atoms with E-state index in [9.17, 15) is 4.79 Å². The van der Waals surface area contributed by atoms with Gasteiger partial charge in [-0.1, -0.05) is 77.9 Å². The van der Waals surface area contributed by atoms with E-state index in [1.54, 1.807) is 0 Å². The summed E-state index contributed by atoms with van der Waals surface area (Å²) >= 11 is 0. The minimum absolute atomic E-state index is 0.115. The van der Waals surface area contributed by atoms with Crippen molar-refractivity contribution >= 4 is 5.91 Å². The normalized spacial score (nSPS) is 24.4. The van der Waals surface area contributed by atoms with Gasteiger partial charge < -0.3 is 9.80 Å². The van der Waals surface area contributed by atoms with Crippen molar-refractivity contribution < 1.29 is 9.28 Å². The summed E-state index contributed by atoms with van der Waals surface area (Å²) in [6.45, 7) is 11.2. The first-order valence-corrected chi connectivity index (χ1v) is 11.2. The third-order valence-corrected chi connectivity index (χ3v) is 5.94. The van der Waals surface area contributed by atoms with Crippen molar-refractivity contribution in [2.45, 2.75) is 53.1 Å². The van der Waals surface area contributed by atoms with Crippen molar-refractivity contribution in [2.75, 3.05) is 20.1 Å². The number of nitrogens with one attached hydrogen (secondary N) is 1. The largest absolute Gasteiger partial charge is 0.347 e. The van der Waals surface area contributed by atoms with Crippen LogP contribution in [0.4, 0.5) is 0 Å². The molecule has 1 aromatic rings. The fourth-order valence-corrected chi connectivity index (χ4v) is 4.47. The lowest BCUT2D eigenvalue weighted by molar-refractivity contribution is -0.927. The number of carbonyl (C=O) groups is 1. The Labute approximate surface area is 183 Å². The number of likely N-dealkylation sites (tertiary alicyclic amines) is 1. The molecule has 1 amide bonds. The molecule has 162 valence electrons. The van der Waals surface area contributed by atoms with Gasteiger partial charge in [0.25, 0.3) is 0 Å². The Morgan fingerprint density at radius 2 is 1.70 bits per heavy atom. The van der Waals surface area contributed by atoms with E-state index >= 15 is 0 Å². The number of benzene rings is 1. The van der Waals surface area contributed by atoms with Crippen LogP contribution in [0, 0.1) is 5.92 Å². The number of quaternary nitrogens is 1. The first-order valence-electron chi connectivity index (χ1n) is 11.2. The molecule has 0 saturated carbocycles. The standard InChI is InChI=1S/C27H38N2O/c1-6-8-14-22(3)26(23(4)15-9-7-2)27(30)28-25-18-13-19-29(5,21-25)20-24-16-11-10-12-17-24/h6-12,14-17,25-26H,13,18-21H2,1-5H3/p+1. The quantitative estimate of drug-likeness (QED) is 0.443. The number of hydrogen-bond donors (Lipinski definition) is 1. The number of nitrogens with zero attached hydrogens (tertiary/aromatic N) is 1. The molecule has 3 heteroatoms. The molecule has 30 heavy (non-hydrogen) atoms. The molecule has 3 nitrogen and oxygen atoms in total. The van der Waals surface area contributed by atoms with Gasteiger partial charge in [0.2, 0.25) is 5.91 Å². The molecule has 2 atom stereocenters. The number of hydrogen-bond acceptors (Lipinski definition) is 1. The fourth-order valence-electron chi connectivity index (χ4n) is 4.47. The Morgan fingerprint density at radius 1 is 1.10 bits per heavy atom. The molecule has 1 N–H and O–H groups in total. The second kappa shape index (κ2) is 11.7. The molecule has 1 aromatic carbocycles. The maximum Gasteiger partial charge on any atom is 0.231 e. The Hall–Kier alpha value is -2.39. The van der Waals surface area contributed by atoms with Crippen molar-refractivity contribution in [1.82, 2.24) is 5.32 Å². The predicted molar refractivity (Wildman–Crippen MR) is 128 cm³/mol. The van der Waals surface area contributed by atoms with Crippen LogP contribution < -0.4 is 5.32 Å². The molecule has 2 rings (SSSR count). The fraction of sp³-hybridized carbons (Fsp3) is 0.444. The molecule has 2 unspecified atom stereocenters. The van der Waals surface area contributed by atoms with Crippen LogP contribution in [0.25, 0.3) is 0 Å². The molecule has 1 saturated heterocycles. The molecule has 0 aromatic heterocycles. The van der Waals surface area contributed by atoms with Crippen LogP contribution in [-0.2, 0) is 11.3 Å². The lowest BCUT2D eigenvalue weighted by Gasteiger charge is -2.42. The third kappa shape index (κ3) is 7.14. The van der Waals surface area contributed by atoms with Gasteiger partial charge in [0.15, 0.2) is 0 Å². The van der Waals surface area contributed by atoms with Crippen LogP contribution >= 0.6 is 0 Å². The summed E-state index contributed by atoms with van der Waals surface area (Å²) < 4.78 is 0.973. The number of piperidine rings is 1.